The third kappa shape index (κ3) is 4.46. The van der Waals surface area contributed by atoms with Gasteiger partial charge in [-0.1, -0.05) is 35.9 Å². The second-order valence-electron chi connectivity index (χ2n) is 6.45. The third-order valence-corrected chi connectivity index (χ3v) is 5.09. The van der Waals surface area contributed by atoms with Gasteiger partial charge in [-0.25, -0.2) is 4.39 Å². The first kappa shape index (κ1) is 19.3. The van der Waals surface area contributed by atoms with E-state index in [1.54, 1.807) is 48.2 Å². The van der Waals surface area contributed by atoms with E-state index in [1.807, 2.05) is 4.90 Å². The summed E-state index contributed by atoms with van der Waals surface area (Å²) in [7, 11) is 0. The molecule has 1 aliphatic rings. The highest BCUT2D eigenvalue weighted by Gasteiger charge is 2.28. The van der Waals surface area contributed by atoms with E-state index in [0.29, 0.717) is 36.8 Å². The van der Waals surface area contributed by atoms with E-state index in [4.69, 9.17) is 11.6 Å². The van der Waals surface area contributed by atoms with Crippen molar-refractivity contribution >= 4 is 29.1 Å². The molecule has 2 aromatic rings. The molecule has 1 heterocycles. The van der Waals surface area contributed by atoms with Crippen LogP contribution in [0.25, 0.3) is 0 Å². The number of anilines is 1. The predicted molar refractivity (Wildman–Crippen MR) is 103 cm³/mol. The Morgan fingerprint density at radius 2 is 1.67 bits per heavy atom. The summed E-state index contributed by atoms with van der Waals surface area (Å²) < 4.78 is 13.7. The number of hydrogen-bond acceptors (Lipinski definition) is 3. The van der Waals surface area contributed by atoms with Gasteiger partial charge >= 0.3 is 0 Å². The van der Waals surface area contributed by atoms with E-state index < -0.39 is 11.9 Å². The average molecular weight is 390 g/mol. The van der Waals surface area contributed by atoms with Crippen LogP contribution in [0.5, 0.6) is 0 Å². The Balaban J connectivity index is 1.57. The summed E-state index contributed by atoms with van der Waals surface area (Å²) in [5.41, 5.74) is 0.653. The van der Waals surface area contributed by atoms with E-state index in [2.05, 4.69) is 5.32 Å². The minimum Gasteiger partial charge on any atom is -0.336 e. The maximum atomic E-state index is 13.7. The Labute approximate surface area is 162 Å². The van der Waals surface area contributed by atoms with Crippen LogP contribution in [0.1, 0.15) is 17.3 Å². The van der Waals surface area contributed by atoms with Crippen LogP contribution >= 0.6 is 11.6 Å². The van der Waals surface area contributed by atoms with Crippen LogP contribution in [0.3, 0.4) is 0 Å². The molecule has 0 saturated carbocycles. The molecule has 5 nitrogen and oxygen atoms in total. The molecule has 0 unspecified atom stereocenters. The molecule has 2 amide bonds. The Hall–Kier alpha value is -2.44. The van der Waals surface area contributed by atoms with Gasteiger partial charge in [-0.15, -0.1) is 0 Å². The largest absolute Gasteiger partial charge is 0.336 e. The van der Waals surface area contributed by atoms with Gasteiger partial charge in [0, 0.05) is 26.2 Å². The zero-order valence-electron chi connectivity index (χ0n) is 15.0. The van der Waals surface area contributed by atoms with Crippen LogP contribution in [-0.2, 0) is 4.79 Å². The van der Waals surface area contributed by atoms with Crippen LogP contribution in [0.2, 0.25) is 5.02 Å². The molecule has 1 saturated heterocycles. The normalized spacial score (nSPS) is 16.0. The number of rotatable bonds is 4. The third-order valence-electron chi connectivity index (χ3n) is 4.76. The summed E-state index contributed by atoms with van der Waals surface area (Å²) in [6.45, 7) is 3.90. The molecule has 0 bridgehead atoms. The van der Waals surface area contributed by atoms with Crippen molar-refractivity contribution in [2.24, 2.45) is 0 Å². The number of carbonyl (C=O) groups is 2. The molecule has 0 radical (unpaired) electrons. The molecular weight excluding hydrogens is 369 g/mol. The lowest BCUT2D eigenvalue weighted by atomic mass is 10.1. The lowest BCUT2D eigenvalue weighted by Crippen LogP contribution is -2.54. The predicted octanol–water partition coefficient (Wildman–Crippen LogP) is 3.26. The number of nitrogens with zero attached hydrogens (tertiary/aromatic N) is 2. The minimum absolute atomic E-state index is 0.108. The first-order chi connectivity index (χ1) is 13.0. The van der Waals surface area contributed by atoms with Gasteiger partial charge in [0.05, 0.1) is 22.3 Å². The molecular formula is C20H21ClFN3O2. The number of para-hydroxylation sites is 1. The number of nitrogens with one attached hydrogen (secondary N) is 1. The van der Waals surface area contributed by atoms with E-state index >= 15 is 0 Å². The molecule has 1 aliphatic heterocycles. The van der Waals surface area contributed by atoms with Gasteiger partial charge in [-0.2, -0.15) is 0 Å². The Morgan fingerprint density at radius 3 is 2.33 bits per heavy atom. The standard InChI is InChI=1S/C20H21ClFN3O2/c1-14(19(26)23-18-9-5-4-8-17(18)22)24-10-12-25(13-11-24)20(27)15-6-2-3-7-16(15)21/h2-9,14H,10-13H2,1H3,(H,23,26)/t14-/m0/s1. The maximum Gasteiger partial charge on any atom is 0.255 e. The van der Waals surface area contributed by atoms with Crippen molar-refractivity contribution in [3.05, 3.63) is 64.9 Å². The van der Waals surface area contributed by atoms with E-state index in [1.165, 1.54) is 12.1 Å². The number of hydrogen-bond donors (Lipinski definition) is 1. The topological polar surface area (TPSA) is 52.7 Å². The van der Waals surface area contributed by atoms with E-state index in [0.717, 1.165) is 0 Å². The molecule has 1 atom stereocenters. The van der Waals surface area contributed by atoms with Crippen LogP contribution in [0.4, 0.5) is 10.1 Å². The van der Waals surface area contributed by atoms with Gasteiger partial charge in [-0.3, -0.25) is 14.5 Å². The molecule has 27 heavy (non-hydrogen) atoms. The summed E-state index contributed by atoms with van der Waals surface area (Å²) in [6, 6.07) is 12.6. The number of halogens is 2. The first-order valence-corrected chi connectivity index (χ1v) is 9.18. The van der Waals surface area contributed by atoms with Gasteiger partial charge < -0.3 is 10.2 Å². The molecule has 7 heteroatoms. The van der Waals surface area contributed by atoms with Gasteiger partial charge in [0.25, 0.3) is 5.91 Å². The number of piperazine rings is 1. The number of benzene rings is 2. The fourth-order valence-electron chi connectivity index (χ4n) is 3.08. The van der Waals surface area contributed by atoms with Crippen molar-refractivity contribution in [3.63, 3.8) is 0 Å². The van der Waals surface area contributed by atoms with Gasteiger partial charge in [0.1, 0.15) is 5.82 Å². The average Bonchev–Trinajstić information content (AvgIpc) is 2.69. The summed E-state index contributed by atoms with van der Waals surface area (Å²) in [5.74, 6) is -0.845. The lowest BCUT2D eigenvalue weighted by molar-refractivity contribution is -0.121. The second-order valence-corrected chi connectivity index (χ2v) is 6.86. The van der Waals surface area contributed by atoms with Crippen molar-refractivity contribution in [2.75, 3.05) is 31.5 Å². The van der Waals surface area contributed by atoms with Crippen molar-refractivity contribution < 1.29 is 14.0 Å². The smallest absolute Gasteiger partial charge is 0.255 e. The zero-order valence-corrected chi connectivity index (χ0v) is 15.7. The quantitative estimate of drug-likeness (QED) is 0.873. The van der Waals surface area contributed by atoms with E-state index in [-0.39, 0.29) is 17.5 Å². The van der Waals surface area contributed by atoms with Crippen LogP contribution in [0.15, 0.2) is 48.5 Å². The molecule has 0 aromatic heterocycles. The molecule has 1 N–H and O–H groups in total. The fourth-order valence-corrected chi connectivity index (χ4v) is 3.30. The molecule has 0 aliphatic carbocycles. The van der Waals surface area contributed by atoms with Crippen molar-refractivity contribution in [3.8, 4) is 0 Å². The number of carbonyl (C=O) groups excluding carboxylic acids is 2. The van der Waals surface area contributed by atoms with Crippen molar-refractivity contribution in [1.82, 2.24) is 9.80 Å². The molecule has 0 spiro atoms. The van der Waals surface area contributed by atoms with Gasteiger partial charge in [-0.05, 0) is 31.2 Å². The van der Waals surface area contributed by atoms with Crippen LogP contribution in [-0.4, -0.2) is 53.8 Å². The summed E-state index contributed by atoms with van der Waals surface area (Å²) in [6.07, 6.45) is 0. The van der Waals surface area contributed by atoms with Crippen molar-refractivity contribution in [1.29, 1.82) is 0 Å². The SMILES string of the molecule is C[C@@H](C(=O)Nc1ccccc1F)N1CCN(C(=O)c2ccccc2Cl)CC1. The lowest BCUT2D eigenvalue weighted by Gasteiger charge is -2.37. The highest BCUT2D eigenvalue weighted by molar-refractivity contribution is 6.33. The summed E-state index contributed by atoms with van der Waals surface area (Å²) >= 11 is 6.11. The Kier molecular flexibility index (Phi) is 6.08. The molecule has 2 aromatic carbocycles. The highest BCUT2D eigenvalue weighted by Crippen LogP contribution is 2.19. The monoisotopic (exact) mass is 389 g/mol. The van der Waals surface area contributed by atoms with E-state index in [9.17, 15) is 14.0 Å². The fraction of sp³-hybridized carbons (Fsp3) is 0.300. The zero-order chi connectivity index (χ0) is 19.4. The molecule has 142 valence electrons. The van der Waals surface area contributed by atoms with Gasteiger partial charge in [0.2, 0.25) is 5.91 Å². The minimum atomic E-state index is -0.465. The van der Waals surface area contributed by atoms with Gasteiger partial charge in [0.15, 0.2) is 0 Å². The highest BCUT2D eigenvalue weighted by atomic mass is 35.5. The molecule has 3 rings (SSSR count). The first-order valence-electron chi connectivity index (χ1n) is 8.80. The van der Waals surface area contributed by atoms with Crippen LogP contribution in [0, 0.1) is 5.82 Å². The Morgan fingerprint density at radius 1 is 1.04 bits per heavy atom. The summed E-state index contributed by atoms with van der Waals surface area (Å²) in [5, 5.41) is 3.05. The summed E-state index contributed by atoms with van der Waals surface area (Å²) in [4.78, 5) is 28.8. The maximum absolute atomic E-state index is 13.7. The number of amides is 2. The van der Waals surface area contributed by atoms with Crippen molar-refractivity contribution in [2.45, 2.75) is 13.0 Å². The second kappa shape index (κ2) is 8.50. The Bertz CT molecular complexity index is 837. The van der Waals surface area contributed by atoms with Crippen LogP contribution < -0.4 is 5.32 Å². The molecule has 1 fully saturated rings.